The third-order valence-corrected chi connectivity index (χ3v) is 7.16. The number of amides is 1. The highest BCUT2D eigenvalue weighted by Crippen LogP contribution is 2.30. The Hall–Kier alpha value is -1.80. The summed E-state index contributed by atoms with van der Waals surface area (Å²) in [5.74, 6) is 0.193. The molecule has 2 aromatic rings. The van der Waals surface area contributed by atoms with Gasteiger partial charge in [0.2, 0.25) is 0 Å². The van der Waals surface area contributed by atoms with Crippen molar-refractivity contribution in [1.82, 2.24) is 4.90 Å². The number of hydrogen-bond donors (Lipinski definition) is 1. The maximum atomic E-state index is 12.5. The average Bonchev–Trinajstić information content (AvgIpc) is 2.76. The Morgan fingerprint density at radius 2 is 1.91 bits per heavy atom. The molecule has 1 fully saturated rings. The molecule has 180 valence electrons. The Morgan fingerprint density at radius 3 is 2.55 bits per heavy atom. The molecule has 1 heterocycles. The van der Waals surface area contributed by atoms with Crippen molar-refractivity contribution in [3.63, 3.8) is 0 Å². The van der Waals surface area contributed by atoms with Crippen LogP contribution in [0.15, 0.2) is 42.5 Å². The molecular weight excluding hydrogens is 483 g/mol. The van der Waals surface area contributed by atoms with E-state index >= 15 is 0 Å². The second-order valence-electron chi connectivity index (χ2n) is 9.15. The van der Waals surface area contributed by atoms with Gasteiger partial charge in [-0.05, 0) is 69.4 Å². The monoisotopic (exact) mass is 512 g/mol. The summed E-state index contributed by atoms with van der Waals surface area (Å²) in [6.07, 6.45) is 2.06. The normalized spacial score (nSPS) is 17.5. The number of hydrogen-bond acceptors (Lipinski definition) is 3. The molecular formula is C24H30Cl2N2O4S. The summed E-state index contributed by atoms with van der Waals surface area (Å²) in [6, 6.07) is 13.0. The van der Waals surface area contributed by atoms with Crippen molar-refractivity contribution in [3.05, 3.63) is 63.6 Å². The minimum Gasteiger partial charge on any atom is -0.444 e. The van der Waals surface area contributed by atoms with Crippen LogP contribution in [-0.4, -0.2) is 45.0 Å². The van der Waals surface area contributed by atoms with Crippen LogP contribution < -0.4 is 4.31 Å². The van der Waals surface area contributed by atoms with Gasteiger partial charge in [-0.25, -0.2) is 9.00 Å². The van der Waals surface area contributed by atoms with Crippen molar-refractivity contribution in [3.8, 4) is 0 Å². The van der Waals surface area contributed by atoms with Crippen LogP contribution in [0.5, 0.6) is 0 Å². The molecule has 2 aromatic carbocycles. The summed E-state index contributed by atoms with van der Waals surface area (Å²) in [4.78, 5) is 14.2. The standard InChI is InChI=1S/C24H30Cl2N2O4S/c1-24(2,3)32-23(29)27-14-5-7-19(16-27)17-9-11-20(12-10-17)28(33(30)31)15-13-18-6-4-8-21(25)22(18)26/h4,6,8-12,19H,5,7,13-16H2,1-3H3,(H,30,31). The smallest absolute Gasteiger partial charge is 0.410 e. The molecule has 1 saturated heterocycles. The third kappa shape index (κ3) is 7.09. The van der Waals surface area contributed by atoms with Gasteiger partial charge in [-0.1, -0.05) is 47.5 Å². The van der Waals surface area contributed by atoms with E-state index < -0.39 is 16.9 Å². The summed E-state index contributed by atoms with van der Waals surface area (Å²) < 4.78 is 28.8. The molecule has 1 aliphatic heterocycles. The summed E-state index contributed by atoms with van der Waals surface area (Å²) >= 11 is 10.1. The van der Waals surface area contributed by atoms with Crippen LogP contribution in [0.2, 0.25) is 10.0 Å². The highest BCUT2D eigenvalue weighted by molar-refractivity contribution is 7.80. The number of carbonyl (C=O) groups is 1. The van der Waals surface area contributed by atoms with Gasteiger partial charge in [0.25, 0.3) is 11.3 Å². The number of benzene rings is 2. The van der Waals surface area contributed by atoms with Gasteiger partial charge >= 0.3 is 6.09 Å². The average molecular weight is 513 g/mol. The molecule has 33 heavy (non-hydrogen) atoms. The summed E-state index contributed by atoms with van der Waals surface area (Å²) in [6.45, 7) is 7.18. The zero-order valence-electron chi connectivity index (χ0n) is 19.1. The predicted octanol–water partition coefficient (Wildman–Crippen LogP) is 6.29. The lowest BCUT2D eigenvalue weighted by molar-refractivity contribution is 0.0198. The van der Waals surface area contributed by atoms with E-state index in [0.717, 1.165) is 24.0 Å². The minimum absolute atomic E-state index is 0.193. The zero-order chi connectivity index (χ0) is 24.2. The van der Waals surface area contributed by atoms with Gasteiger partial charge in [0, 0.05) is 25.6 Å². The molecule has 0 aromatic heterocycles. The number of piperidine rings is 1. The van der Waals surface area contributed by atoms with Crippen molar-refractivity contribution in [2.75, 3.05) is 23.9 Å². The van der Waals surface area contributed by atoms with Crippen LogP contribution in [-0.2, 0) is 22.4 Å². The topological polar surface area (TPSA) is 70.1 Å². The zero-order valence-corrected chi connectivity index (χ0v) is 21.4. The largest absolute Gasteiger partial charge is 0.444 e. The van der Waals surface area contributed by atoms with E-state index in [2.05, 4.69) is 0 Å². The predicted molar refractivity (Wildman–Crippen MR) is 135 cm³/mol. The van der Waals surface area contributed by atoms with Crippen LogP contribution in [0.3, 0.4) is 0 Å². The van der Waals surface area contributed by atoms with E-state index in [4.69, 9.17) is 27.9 Å². The Morgan fingerprint density at radius 1 is 1.21 bits per heavy atom. The molecule has 2 unspecified atom stereocenters. The number of halogens is 2. The molecule has 2 atom stereocenters. The number of nitrogens with zero attached hydrogens (tertiary/aromatic N) is 2. The van der Waals surface area contributed by atoms with Crippen molar-refractivity contribution in [2.24, 2.45) is 0 Å². The van der Waals surface area contributed by atoms with E-state index in [1.807, 2.05) is 57.2 Å². The van der Waals surface area contributed by atoms with Gasteiger partial charge in [-0.3, -0.25) is 8.86 Å². The molecule has 1 aliphatic rings. The molecule has 0 radical (unpaired) electrons. The number of carbonyl (C=O) groups excluding carboxylic acids is 1. The van der Waals surface area contributed by atoms with Gasteiger partial charge in [0.05, 0.1) is 15.7 Å². The van der Waals surface area contributed by atoms with Crippen molar-refractivity contribution >= 4 is 46.2 Å². The van der Waals surface area contributed by atoms with Gasteiger partial charge in [-0.15, -0.1) is 0 Å². The summed E-state index contributed by atoms with van der Waals surface area (Å²) in [7, 11) is 0. The fourth-order valence-electron chi connectivity index (χ4n) is 3.92. The van der Waals surface area contributed by atoms with Gasteiger partial charge < -0.3 is 9.64 Å². The first-order chi connectivity index (χ1) is 15.5. The fraction of sp³-hybridized carbons (Fsp3) is 0.458. The van der Waals surface area contributed by atoms with Crippen LogP contribution in [0.4, 0.5) is 10.5 Å². The van der Waals surface area contributed by atoms with E-state index in [1.165, 1.54) is 4.31 Å². The van der Waals surface area contributed by atoms with Crippen molar-refractivity contribution < 1.29 is 18.3 Å². The van der Waals surface area contributed by atoms with Crippen LogP contribution in [0.25, 0.3) is 0 Å². The number of likely N-dealkylation sites (tertiary alicyclic amines) is 1. The van der Waals surface area contributed by atoms with Crippen molar-refractivity contribution in [1.29, 1.82) is 0 Å². The first kappa shape index (κ1) is 25.8. The van der Waals surface area contributed by atoms with E-state index in [1.54, 1.807) is 11.0 Å². The quantitative estimate of drug-likeness (QED) is 0.461. The Balaban J connectivity index is 1.67. The maximum absolute atomic E-state index is 12.5. The first-order valence-corrected chi connectivity index (χ1v) is 12.8. The molecule has 3 rings (SSSR count). The minimum atomic E-state index is -2.19. The van der Waals surface area contributed by atoms with Crippen LogP contribution in [0.1, 0.15) is 50.7 Å². The molecule has 0 spiro atoms. The summed E-state index contributed by atoms with van der Waals surface area (Å²) in [5, 5.41) is 0.924. The number of ether oxygens (including phenoxy) is 1. The molecule has 1 N–H and O–H groups in total. The van der Waals surface area contributed by atoms with Crippen molar-refractivity contribution in [2.45, 2.75) is 51.6 Å². The Labute approximate surface area is 208 Å². The highest BCUT2D eigenvalue weighted by Gasteiger charge is 2.28. The number of anilines is 1. The maximum Gasteiger partial charge on any atom is 0.410 e. The van der Waals surface area contributed by atoms with E-state index in [0.29, 0.717) is 41.8 Å². The molecule has 0 bridgehead atoms. The number of rotatable bonds is 6. The molecule has 1 amide bonds. The van der Waals surface area contributed by atoms with Crippen LogP contribution in [0, 0.1) is 0 Å². The van der Waals surface area contributed by atoms with Crippen LogP contribution >= 0.6 is 23.2 Å². The molecule has 0 aliphatic carbocycles. The first-order valence-electron chi connectivity index (χ1n) is 10.9. The molecule has 0 saturated carbocycles. The van der Waals surface area contributed by atoms with Gasteiger partial charge in [0.1, 0.15) is 5.60 Å². The highest BCUT2D eigenvalue weighted by atomic mass is 35.5. The van der Waals surface area contributed by atoms with E-state index in [-0.39, 0.29) is 12.0 Å². The molecule has 6 nitrogen and oxygen atoms in total. The summed E-state index contributed by atoms with van der Waals surface area (Å²) in [5.41, 5.74) is 2.02. The molecule has 9 heteroatoms. The second kappa shape index (κ2) is 11.1. The third-order valence-electron chi connectivity index (χ3n) is 5.53. The second-order valence-corrected chi connectivity index (χ2v) is 10.8. The Bertz CT molecular complexity index is 995. The van der Waals surface area contributed by atoms with Gasteiger partial charge in [-0.2, -0.15) is 0 Å². The van der Waals surface area contributed by atoms with E-state index in [9.17, 15) is 13.6 Å². The lowest BCUT2D eigenvalue weighted by atomic mass is 9.90. The van der Waals surface area contributed by atoms with Gasteiger partial charge in [0.15, 0.2) is 0 Å². The SMILES string of the molecule is CC(C)(C)OC(=O)N1CCCC(c2ccc(N(CCc3cccc(Cl)c3Cl)S(=O)O)cc2)C1. The lowest BCUT2D eigenvalue weighted by Crippen LogP contribution is -2.42. The Kier molecular flexibility index (Phi) is 8.67. The fourth-order valence-corrected chi connectivity index (χ4v) is 4.88. The lowest BCUT2D eigenvalue weighted by Gasteiger charge is -2.34.